The van der Waals surface area contributed by atoms with Crippen LogP contribution in [-0.4, -0.2) is 59.5 Å². The molecular weight excluding hydrogens is 447 g/mol. The number of amides is 1. The van der Waals surface area contributed by atoms with Crippen LogP contribution in [0.3, 0.4) is 0 Å². The van der Waals surface area contributed by atoms with Gasteiger partial charge >= 0.3 is 0 Å². The van der Waals surface area contributed by atoms with E-state index in [0.29, 0.717) is 17.3 Å². The van der Waals surface area contributed by atoms with Crippen LogP contribution in [0.4, 0.5) is 4.39 Å². The second-order valence-corrected chi connectivity index (χ2v) is 9.81. The maximum absolute atomic E-state index is 14.1. The van der Waals surface area contributed by atoms with Crippen LogP contribution in [0.15, 0.2) is 58.2 Å². The first-order valence-corrected chi connectivity index (χ1v) is 12.3. The predicted octanol–water partition coefficient (Wildman–Crippen LogP) is 2.48. The lowest BCUT2D eigenvalue weighted by atomic mass is 10.1. The molecule has 1 fully saturated rings. The molecule has 33 heavy (non-hydrogen) atoms. The third kappa shape index (κ3) is 4.40. The summed E-state index contributed by atoms with van der Waals surface area (Å²) >= 11 is 0. The van der Waals surface area contributed by atoms with Crippen molar-refractivity contribution in [2.24, 2.45) is 0 Å². The van der Waals surface area contributed by atoms with E-state index in [1.54, 1.807) is 24.3 Å². The fourth-order valence-electron chi connectivity index (χ4n) is 3.93. The van der Waals surface area contributed by atoms with E-state index in [4.69, 9.17) is 0 Å². The highest BCUT2D eigenvalue weighted by molar-refractivity contribution is 7.89. The summed E-state index contributed by atoms with van der Waals surface area (Å²) < 4.78 is 42.3. The highest BCUT2D eigenvalue weighted by Crippen LogP contribution is 2.22. The van der Waals surface area contributed by atoms with Gasteiger partial charge in [-0.1, -0.05) is 43.7 Å². The SMILES string of the molecule is CCCCn1nc(C(=O)N2CCN(S(=O)(=O)c3ccccc3F)CC2)c2ccccc2c1=O. The number of aryl methyl sites for hydroxylation is 1. The van der Waals surface area contributed by atoms with Crippen molar-refractivity contribution in [3.05, 3.63) is 70.4 Å². The summed E-state index contributed by atoms with van der Waals surface area (Å²) in [6, 6.07) is 12.1. The number of fused-ring (bicyclic) bond motifs is 1. The topological polar surface area (TPSA) is 92.6 Å². The maximum Gasteiger partial charge on any atom is 0.275 e. The molecule has 0 saturated carbocycles. The summed E-state index contributed by atoms with van der Waals surface area (Å²) in [5.41, 5.74) is -0.0666. The lowest BCUT2D eigenvalue weighted by Crippen LogP contribution is -2.51. The Balaban J connectivity index is 1.59. The van der Waals surface area contributed by atoms with Crippen molar-refractivity contribution in [2.45, 2.75) is 31.2 Å². The minimum Gasteiger partial charge on any atom is -0.335 e. The highest BCUT2D eigenvalue weighted by atomic mass is 32.2. The molecule has 174 valence electrons. The zero-order valence-corrected chi connectivity index (χ0v) is 19.1. The number of hydrogen-bond acceptors (Lipinski definition) is 5. The van der Waals surface area contributed by atoms with E-state index in [1.165, 1.54) is 32.1 Å². The van der Waals surface area contributed by atoms with Gasteiger partial charge in [-0.3, -0.25) is 9.59 Å². The number of benzene rings is 2. The molecule has 1 aromatic heterocycles. The molecule has 2 aromatic carbocycles. The average Bonchev–Trinajstić information content (AvgIpc) is 2.83. The van der Waals surface area contributed by atoms with Crippen molar-refractivity contribution < 1.29 is 17.6 Å². The van der Waals surface area contributed by atoms with E-state index in [-0.39, 0.29) is 48.2 Å². The van der Waals surface area contributed by atoms with Crippen LogP contribution in [0.5, 0.6) is 0 Å². The number of unbranched alkanes of at least 4 members (excludes halogenated alkanes) is 1. The Hall–Kier alpha value is -3.11. The highest BCUT2D eigenvalue weighted by Gasteiger charge is 2.33. The van der Waals surface area contributed by atoms with Gasteiger partial charge < -0.3 is 4.90 Å². The molecule has 0 bridgehead atoms. The molecule has 8 nitrogen and oxygen atoms in total. The predicted molar refractivity (Wildman–Crippen MR) is 122 cm³/mol. The number of aromatic nitrogens is 2. The molecule has 1 amide bonds. The number of rotatable bonds is 6. The fourth-order valence-corrected chi connectivity index (χ4v) is 5.41. The molecule has 0 spiro atoms. The van der Waals surface area contributed by atoms with Gasteiger partial charge in [0.25, 0.3) is 11.5 Å². The summed E-state index contributed by atoms with van der Waals surface area (Å²) in [6.45, 7) is 2.76. The molecule has 1 saturated heterocycles. The largest absolute Gasteiger partial charge is 0.335 e. The monoisotopic (exact) mass is 472 g/mol. The van der Waals surface area contributed by atoms with Crippen molar-refractivity contribution >= 4 is 26.7 Å². The molecule has 2 heterocycles. The zero-order chi connectivity index (χ0) is 23.6. The second-order valence-electron chi connectivity index (χ2n) is 7.90. The Labute approximate surface area is 191 Å². The van der Waals surface area contributed by atoms with Gasteiger partial charge in [0, 0.05) is 38.1 Å². The van der Waals surface area contributed by atoms with Gasteiger partial charge in [-0.05, 0) is 24.6 Å². The number of carbonyl (C=O) groups excluding carboxylic acids is 1. The van der Waals surface area contributed by atoms with Gasteiger partial charge in [-0.2, -0.15) is 9.40 Å². The van der Waals surface area contributed by atoms with Crippen LogP contribution in [0.1, 0.15) is 30.3 Å². The van der Waals surface area contributed by atoms with E-state index >= 15 is 0 Å². The van der Waals surface area contributed by atoms with Crippen LogP contribution in [0.25, 0.3) is 10.8 Å². The van der Waals surface area contributed by atoms with E-state index in [1.807, 2.05) is 6.92 Å². The first-order chi connectivity index (χ1) is 15.8. The van der Waals surface area contributed by atoms with Crippen LogP contribution in [0, 0.1) is 5.82 Å². The second kappa shape index (κ2) is 9.40. The first-order valence-electron chi connectivity index (χ1n) is 10.9. The van der Waals surface area contributed by atoms with Gasteiger partial charge in [-0.15, -0.1) is 0 Å². The number of sulfonamides is 1. The normalized spacial score (nSPS) is 15.2. The van der Waals surface area contributed by atoms with Crippen molar-refractivity contribution in [1.82, 2.24) is 19.0 Å². The summed E-state index contributed by atoms with van der Waals surface area (Å²) in [5, 5.41) is 5.27. The van der Waals surface area contributed by atoms with Crippen molar-refractivity contribution in [3.63, 3.8) is 0 Å². The number of piperazine rings is 1. The van der Waals surface area contributed by atoms with Gasteiger partial charge in [0.1, 0.15) is 10.7 Å². The lowest BCUT2D eigenvalue weighted by Gasteiger charge is -2.34. The molecule has 0 radical (unpaired) electrons. The first kappa shape index (κ1) is 23.1. The maximum atomic E-state index is 14.1. The summed E-state index contributed by atoms with van der Waals surface area (Å²) in [6.07, 6.45) is 1.63. The third-order valence-electron chi connectivity index (χ3n) is 5.77. The van der Waals surface area contributed by atoms with Crippen molar-refractivity contribution in [1.29, 1.82) is 0 Å². The van der Waals surface area contributed by atoms with Crippen LogP contribution < -0.4 is 5.56 Å². The van der Waals surface area contributed by atoms with Gasteiger partial charge in [0.2, 0.25) is 10.0 Å². The molecule has 4 rings (SSSR count). The molecule has 0 unspecified atom stereocenters. The molecular formula is C23H25FN4O4S. The Kier molecular flexibility index (Phi) is 6.57. The zero-order valence-electron chi connectivity index (χ0n) is 18.3. The Morgan fingerprint density at radius 3 is 2.30 bits per heavy atom. The minimum atomic E-state index is -4.00. The van der Waals surface area contributed by atoms with Gasteiger partial charge in [0.05, 0.1) is 5.39 Å². The summed E-state index contributed by atoms with van der Waals surface area (Å²) in [5.74, 6) is -1.17. The number of hydrogen-bond donors (Lipinski definition) is 0. The summed E-state index contributed by atoms with van der Waals surface area (Å²) in [7, 11) is -4.00. The minimum absolute atomic E-state index is 0.0375. The average molecular weight is 473 g/mol. The Morgan fingerprint density at radius 1 is 1.00 bits per heavy atom. The van der Waals surface area contributed by atoms with E-state index in [2.05, 4.69) is 5.10 Å². The smallest absolute Gasteiger partial charge is 0.275 e. The van der Waals surface area contributed by atoms with Crippen LogP contribution in [-0.2, 0) is 16.6 Å². The van der Waals surface area contributed by atoms with Gasteiger partial charge in [-0.25, -0.2) is 17.5 Å². The van der Waals surface area contributed by atoms with E-state index in [0.717, 1.165) is 18.9 Å². The molecule has 1 aliphatic heterocycles. The van der Waals surface area contributed by atoms with E-state index in [9.17, 15) is 22.4 Å². The number of carbonyl (C=O) groups is 1. The molecule has 0 atom stereocenters. The van der Waals surface area contributed by atoms with Gasteiger partial charge in [0.15, 0.2) is 5.69 Å². The molecule has 0 N–H and O–H groups in total. The van der Waals surface area contributed by atoms with E-state index < -0.39 is 15.8 Å². The van der Waals surface area contributed by atoms with Crippen molar-refractivity contribution in [2.75, 3.05) is 26.2 Å². The standard InChI is InChI=1S/C23H25FN4O4S/c1-2-3-12-28-22(29)18-9-5-4-8-17(18)21(25-28)23(30)26-13-15-27(16-14-26)33(31,32)20-11-7-6-10-19(20)24/h4-11H,2-3,12-16H2,1H3. The molecule has 0 aliphatic carbocycles. The van der Waals surface area contributed by atoms with Crippen LogP contribution in [0.2, 0.25) is 0 Å². The lowest BCUT2D eigenvalue weighted by molar-refractivity contribution is 0.0691. The fraction of sp³-hybridized carbons (Fsp3) is 0.348. The number of nitrogens with zero attached hydrogens (tertiary/aromatic N) is 4. The molecule has 10 heteroatoms. The Morgan fingerprint density at radius 2 is 1.64 bits per heavy atom. The molecule has 3 aromatic rings. The van der Waals surface area contributed by atoms with Crippen molar-refractivity contribution in [3.8, 4) is 0 Å². The number of halogens is 1. The summed E-state index contributed by atoms with van der Waals surface area (Å²) in [4.78, 5) is 27.3. The molecule has 1 aliphatic rings. The quantitative estimate of drug-likeness (QED) is 0.550. The Bertz CT molecular complexity index is 1350. The third-order valence-corrected chi connectivity index (χ3v) is 7.71. The van der Waals surface area contributed by atoms with Crippen LogP contribution >= 0.6 is 0 Å².